The lowest BCUT2D eigenvalue weighted by molar-refractivity contribution is -0.384. The maximum atomic E-state index is 12.5. The van der Waals surface area contributed by atoms with Gasteiger partial charge in [-0.05, 0) is 48.9 Å². The van der Waals surface area contributed by atoms with Crippen molar-refractivity contribution >= 4 is 51.2 Å². The summed E-state index contributed by atoms with van der Waals surface area (Å²) in [5, 5.41) is 23.2. The van der Waals surface area contributed by atoms with Gasteiger partial charge in [0.25, 0.3) is 10.9 Å². The Morgan fingerprint density at radius 1 is 1.14 bits per heavy atom. The number of methoxy groups -OCH3 is 1. The van der Waals surface area contributed by atoms with Gasteiger partial charge in [-0.15, -0.1) is 15.0 Å². The number of ether oxygens (including phenoxy) is 1. The molecule has 0 radical (unpaired) electrons. The number of amides is 1. The summed E-state index contributed by atoms with van der Waals surface area (Å²) in [4.78, 5) is 29.2. The van der Waals surface area contributed by atoms with Gasteiger partial charge in [0.1, 0.15) is 33.7 Å². The van der Waals surface area contributed by atoms with E-state index in [1.165, 1.54) is 30.1 Å². The molecule has 5 aromatic rings. The van der Waals surface area contributed by atoms with Crippen molar-refractivity contribution in [1.82, 2.24) is 20.0 Å². The van der Waals surface area contributed by atoms with Crippen molar-refractivity contribution in [2.75, 3.05) is 18.2 Å². The number of benzene rings is 3. The third-order valence-corrected chi connectivity index (χ3v) is 5.93. The van der Waals surface area contributed by atoms with E-state index < -0.39 is 10.8 Å². The lowest BCUT2D eigenvalue weighted by atomic mass is 10.2. The number of hydrogen-bond acceptors (Lipinski definition) is 9. The number of aromatic nitrogens is 4. The molecule has 0 atom stereocenters. The predicted octanol–water partition coefficient (Wildman–Crippen LogP) is 4.52. The highest BCUT2D eigenvalue weighted by molar-refractivity contribution is 7.99. The molecule has 1 N–H and O–H groups in total. The van der Waals surface area contributed by atoms with E-state index in [0.717, 1.165) is 28.4 Å². The van der Waals surface area contributed by atoms with Gasteiger partial charge in [0.15, 0.2) is 5.58 Å². The van der Waals surface area contributed by atoms with Crippen LogP contribution in [0.3, 0.4) is 0 Å². The van der Waals surface area contributed by atoms with Crippen LogP contribution >= 0.6 is 11.8 Å². The van der Waals surface area contributed by atoms with Gasteiger partial charge in [-0.2, -0.15) is 0 Å². The molecule has 176 valence electrons. The second-order valence-corrected chi connectivity index (χ2v) is 8.49. The van der Waals surface area contributed by atoms with Crippen LogP contribution < -0.4 is 10.1 Å². The van der Waals surface area contributed by atoms with E-state index >= 15 is 0 Å². The summed E-state index contributed by atoms with van der Waals surface area (Å²) in [6.45, 7) is 1.93. The normalized spacial score (nSPS) is 11.1. The van der Waals surface area contributed by atoms with Crippen LogP contribution in [0, 0.1) is 17.0 Å². The summed E-state index contributed by atoms with van der Waals surface area (Å²) < 4.78 is 11.0. The maximum Gasteiger partial charge on any atom is 0.296 e. The minimum absolute atomic E-state index is 0.0613. The minimum Gasteiger partial charge on any atom is -0.496 e. The van der Waals surface area contributed by atoms with Crippen LogP contribution in [0.1, 0.15) is 5.56 Å². The zero-order valence-electron chi connectivity index (χ0n) is 18.6. The van der Waals surface area contributed by atoms with Gasteiger partial charge >= 0.3 is 0 Å². The first-order valence-corrected chi connectivity index (χ1v) is 11.4. The number of hydrogen-bond donors (Lipinski definition) is 1. The van der Waals surface area contributed by atoms with Crippen molar-refractivity contribution < 1.29 is 18.9 Å². The molecule has 0 saturated heterocycles. The quantitative estimate of drug-likeness (QED) is 0.198. The largest absolute Gasteiger partial charge is 0.496 e. The highest BCUT2D eigenvalue weighted by Gasteiger charge is 2.19. The first kappa shape index (κ1) is 22.3. The second-order valence-electron chi connectivity index (χ2n) is 7.57. The molecule has 2 heterocycles. The van der Waals surface area contributed by atoms with Gasteiger partial charge in [0, 0.05) is 0 Å². The van der Waals surface area contributed by atoms with Crippen LogP contribution in [-0.2, 0) is 4.79 Å². The van der Waals surface area contributed by atoms with Gasteiger partial charge in [0.2, 0.25) is 5.91 Å². The van der Waals surface area contributed by atoms with Crippen LogP contribution in [0.2, 0.25) is 0 Å². The molecule has 35 heavy (non-hydrogen) atoms. The number of oxazole rings is 1. The highest BCUT2D eigenvalue weighted by atomic mass is 32.2. The molecule has 2 aromatic heterocycles. The molecule has 0 saturated carbocycles. The zero-order chi connectivity index (χ0) is 24.5. The summed E-state index contributed by atoms with van der Waals surface area (Å²) in [5.74, 6) is -0.183. The van der Waals surface area contributed by atoms with Crippen molar-refractivity contribution in [3.63, 3.8) is 0 Å². The number of fused-ring (bicyclic) bond motifs is 2. The van der Waals surface area contributed by atoms with Crippen LogP contribution in [0.25, 0.3) is 27.8 Å². The number of carbonyl (C=O) groups is 1. The lowest BCUT2D eigenvalue weighted by Crippen LogP contribution is -2.15. The molecular weight excluding hydrogens is 472 g/mol. The third-order valence-electron chi connectivity index (χ3n) is 5.10. The molecule has 0 aliphatic carbocycles. The third kappa shape index (κ3) is 4.51. The SMILES string of the molecule is COc1ccc(NC(=O)CSc2nc3cc(C)cc(-n4nc5ccccc5n4)c3o2)c([N+](=O)[O-])c1. The summed E-state index contributed by atoms with van der Waals surface area (Å²) >= 11 is 1.08. The molecular formula is C23H18N6O5S. The number of thioether (sulfide) groups is 1. The summed E-state index contributed by atoms with van der Waals surface area (Å²) in [5.41, 5.74) is 4.00. The van der Waals surface area contributed by atoms with Crippen LogP contribution in [0.15, 0.2) is 64.2 Å². The van der Waals surface area contributed by atoms with Crippen LogP contribution in [0.5, 0.6) is 5.75 Å². The monoisotopic (exact) mass is 490 g/mol. The van der Waals surface area contributed by atoms with Crippen molar-refractivity contribution in [1.29, 1.82) is 0 Å². The molecule has 3 aromatic carbocycles. The Labute approximate surface area is 202 Å². The van der Waals surface area contributed by atoms with E-state index in [4.69, 9.17) is 9.15 Å². The van der Waals surface area contributed by atoms with E-state index in [1.54, 1.807) is 0 Å². The number of aryl methyl sites for hydroxylation is 1. The molecule has 12 heteroatoms. The molecule has 0 aliphatic rings. The Morgan fingerprint density at radius 2 is 1.89 bits per heavy atom. The van der Waals surface area contributed by atoms with Gasteiger partial charge < -0.3 is 14.5 Å². The number of anilines is 1. The molecule has 0 fully saturated rings. The van der Waals surface area contributed by atoms with E-state index in [0.29, 0.717) is 22.5 Å². The molecule has 0 spiro atoms. The first-order valence-electron chi connectivity index (χ1n) is 10.4. The molecule has 0 unspecified atom stereocenters. The standard InChI is InChI=1S/C23H18N6O5S/c1-13-9-18-22(20(10-13)28-26-15-5-3-4-6-16(15)27-28)34-23(25-18)35-12-21(30)24-17-8-7-14(33-2)11-19(17)29(31)32/h3-11H,12H2,1-2H3,(H,24,30). The van der Waals surface area contributed by atoms with Crippen molar-refractivity contribution in [2.45, 2.75) is 12.1 Å². The average Bonchev–Trinajstić information content (AvgIpc) is 3.46. The number of carbonyl (C=O) groups excluding carboxylic acids is 1. The van der Waals surface area contributed by atoms with Crippen molar-refractivity contribution in [2.24, 2.45) is 0 Å². The number of nitro groups is 1. The highest BCUT2D eigenvalue weighted by Crippen LogP contribution is 2.31. The average molecular weight is 491 g/mol. The summed E-state index contributed by atoms with van der Waals surface area (Å²) in [6, 6.07) is 15.5. The van der Waals surface area contributed by atoms with E-state index in [-0.39, 0.29) is 22.4 Å². The number of nitro benzene ring substituents is 1. The van der Waals surface area contributed by atoms with Gasteiger partial charge in [-0.3, -0.25) is 14.9 Å². The minimum atomic E-state index is -0.581. The fourth-order valence-electron chi connectivity index (χ4n) is 3.52. The van der Waals surface area contributed by atoms with Crippen LogP contribution in [-0.4, -0.2) is 43.7 Å². The number of rotatable bonds is 7. The molecule has 0 bridgehead atoms. The Hall–Kier alpha value is -4.45. The lowest BCUT2D eigenvalue weighted by Gasteiger charge is -2.06. The molecule has 0 aliphatic heterocycles. The van der Waals surface area contributed by atoms with E-state index in [9.17, 15) is 14.9 Å². The zero-order valence-corrected chi connectivity index (χ0v) is 19.4. The topological polar surface area (TPSA) is 138 Å². The second kappa shape index (κ2) is 9.06. The smallest absolute Gasteiger partial charge is 0.296 e. The Bertz CT molecular complexity index is 1560. The Morgan fingerprint density at radius 3 is 2.57 bits per heavy atom. The number of nitrogens with zero attached hydrogens (tertiary/aromatic N) is 5. The molecule has 11 nitrogen and oxygen atoms in total. The van der Waals surface area contributed by atoms with Gasteiger partial charge in [0.05, 0.1) is 23.9 Å². The summed E-state index contributed by atoms with van der Waals surface area (Å²) in [7, 11) is 1.41. The van der Waals surface area contributed by atoms with Gasteiger partial charge in [-0.25, -0.2) is 4.98 Å². The number of nitrogens with one attached hydrogen (secondary N) is 1. The van der Waals surface area contributed by atoms with E-state index in [2.05, 4.69) is 20.5 Å². The molecule has 1 amide bonds. The Kier molecular flexibility index (Phi) is 5.79. The Balaban J connectivity index is 1.37. The van der Waals surface area contributed by atoms with E-state index in [1.807, 2.05) is 43.3 Å². The molecule has 5 rings (SSSR count). The fourth-order valence-corrected chi connectivity index (χ4v) is 4.15. The van der Waals surface area contributed by atoms with Crippen molar-refractivity contribution in [3.05, 3.63) is 70.3 Å². The fraction of sp³-hybridized carbons (Fsp3) is 0.130. The van der Waals surface area contributed by atoms with Crippen LogP contribution in [0.4, 0.5) is 11.4 Å². The van der Waals surface area contributed by atoms with Gasteiger partial charge in [-0.1, -0.05) is 23.9 Å². The summed E-state index contributed by atoms with van der Waals surface area (Å²) in [6.07, 6.45) is 0. The maximum absolute atomic E-state index is 12.5. The predicted molar refractivity (Wildman–Crippen MR) is 130 cm³/mol. The first-order chi connectivity index (χ1) is 16.9. The van der Waals surface area contributed by atoms with Crippen molar-refractivity contribution in [3.8, 4) is 11.4 Å².